The highest BCUT2D eigenvalue weighted by atomic mass is 35.6. The minimum absolute atomic E-state index is 0.0574. The van der Waals surface area contributed by atoms with Crippen LogP contribution < -0.4 is 0 Å². The van der Waals surface area contributed by atoms with Crippen molar-refractivity contribution in [3.8, 4) is 0 Å². The predicted octanol–water partition coefficient (Wildman–Crippen LogP) is 4.04. The molecule has 1 rings (SSSR count). The summed E-state index contributed by atoms with van der Waals surface area (Å²) >= 11 is 17.6. The molecule has 19 heavy (non-hydrogen) atoms. The van der Waals surface area contributed by atoms with Gasteiger partial charge in [-0.25, -0.2) is 4.79 Å². The molecule has 0 amide bonds. The van der Waals surface area contributed by atoms with Gasteiger partial charge in [0.15, 0.2) is 0 Å². The van der Waals surface area contributed by atoms with Gasteiger partial charge in [0.25, 0.3) is 0 Å². The summed E-state index contributed by atoms with van der Waals surface area (Å²) in [4.78, 5) is 11.4. The zero-order valence-corrected chi connectivity index (χ0v) is 13.6. The molecule has 0 saturated heterocycles. The molecule has 0 fully saturated rings. The van der Waals surface area contributed by atoms with Crippen molar-refractivity contribution in [1.29, 1.82) is 0 Å². The largest absolute Gasteiger partial charge is 0.478 e. The second kappa shape index (κ2) is 6.00. The van der Waals surface area contributed by atoms with Crippen molar-refractivity contribution < 1.29 is 14.1 Å². The van der Waals surface area contributed by atoms with E-state index in [2.05, 4.69) is 0 Å². The molecular formula is C12H13Cl3O3S. The number of rotatable bonds is 3. The van der Waals surface area contributed by atoms with E-state index in [1.54, 1.807) is 20.8 Å². The van der Waals surface area contributed by atoms with Crippen LogP contribution in [0.1, 0.15) is 35.3 Å². The lowest BCUT2D eigenvalue weighted by atomic mass is 10.1. The highest BCUT2D eigenvalue weighted by Gasteiger charge is 2.31. The van der Waals surface area contributed by atoms with Gasteiger partial charge in [0.1, 0.15) is 0 Å². The molecule has 106 valence electrons. The fourth-order valence-electron chi connectivity index (χ4n) is 1.64. The number of hydrogen-bond donors (Lipinski definition) is 1. The number of carbonyl (C=O) groups is 1. The molecule has 0 aliphatic carbocycles. The van der Waals surface area contributed by atoms with Crippen molar-refractivity contribution in [2.45, 2.75) is 34.7 Å². The minimum atomic E-state index is -1.75. The van der Waals surface area contributed by atoms with Crippen LogP contribution in [-0.4, -0.2) is 20.5 Å². The first-order valence-electron chi connectivity index (χ1n) is 5.42. The molecule has 0 heterocycles. The Morgan fingerprint density at radius 1 is 1.32 bits per heavy atom. The summed E-state index contributed by atoms with van der Waals surface area (Å²) in [5, 5.41) is 8.89. The third-order valence-electron chi connectivity index (χ3n) is 2.57. The first kappa shape index (κ1) is 16.8. The van der Waals surface area contributed by atoms with Crippen LogP contribution in [0.2, 0.25) is 0 Å². The molecule has 1 aromatic carbocycles. The zero-order valence-electron chi connectivity index (χ0n) is 10.5. The Kier molecular flexibility index (Phi) is 5.29. The van der Waals surface area contributed by atoms with Crippen LogP contribution in [0.25, 0.3) is 0 Å². The van der Waals surface area contributed by atoms with Gasteiger partial charge in [-0.05, 0) is 18.6 Å². The van der Waals surface area contributed by atoms with Crippen LogP contribution in [0.3, 0.4) is 0 Å². The second-order valence-electron chi connectivity index (χ2n) is 4.26. The number of hydrogen-bond acceptors (Lipinski definition) is 2. The van der Waals surface area contributed by atoms with Crippen LogP contribution in [-0.2, 0) is 14.6 Å². The molecular weight excluding hydrogens is 331 g/mol. The Morgan fingerprint density at radius 3 is 2.21 bits per heavy atom. The molecule has 0 unspecified atom stereocenters. The van der Waals surface area contributed by atoms with E-state index in [4.69, 9.17) is 39.9 Å². The van der Waals surface area contributed by atoms with Gasteiger partial charge in [-0.1, -0.05) is 54.7 Å². The van der Waals surface area contributed by atoms with Crippen molar-refractivity contribution >= 4 is 51.6 Å². The smallest absolute Gasteiger partial charge is 0.335 e. The average molecular weight is 344 g/mol. The highest BCUT2D eigenvalue weighted by molar-refractivity contribution is 7.85. The molecule has 1 N–H and O–H groups in total. The summed E-state index contributed by atoms with van der Waals surface area (Å²) in [7, 11) is -1.45. The monoisotopic (exact) mass is 342 g/mol. The van der Waals surface area contributed by atoms with Crippen molar-refractivity contribution in [3.05, 3.63) is 28.8 Å². The predicted molar refractivity (Wildman–Crippen MR) is 78.9 cm³/mol. The number of carboxylic acid groups (broad SMARTS) is 1. The molecule has 1 atom stereocenters. The Hall–Kier alpha value is -0.290. The standard InChI is InChI=1S/C12H13Cl3O3S/c1-6(2)19(18)10-7(3)8(11(16)17)4-5-9(10)12(13,14)15/h4-6H,1-3H3,(H,16,17)/t19-/m1/s1. The van der Waals surface area contributed by atoms with Gasteiger partial charge in [-0.3, -0.25) is 4.21 Å². The van der Waals surface area contributed by atoms with Gasteiger partial charge in [-0.15, -0.1) is 0 Å². The van der Waals surface area contributed by atoms with Crippen molar-refractivity contribution in [2.75, 3.05) is 0 Å². The zero-order chi connectivity index (χ0) is 15.0. The number of alkyl halides is 3. The maximum Gasteiger partial charge on any atom is 0.335 e. The highest BCUT2D eigenvalue weighted by Crippen LogP contribution is 2.43. The lowest BCUT2D eigenvalue weighted by molar-refractivity contribution is 0.0695. The van der Waals surface area contributed by atoms with E-state index in [9.17, 15) is 9.00 Å². The maximum absolute atomic E-state index is 12.3. The summed E-state index contributed by atoms with van der Waals surface area (Å²) in [5.74, 6) is -1.10. The molecule has 0 spiro atoms. The molecule has 0 radical (unpaired) electrons. The summed E-state index contributed by atoms with van der Waals surface area (Å²) in [5.41, 5.74) is 0.678. The van der Waals surface area contributed by atoms with E-state index >= 15 is 0 Å². The summed E-state index contributed by atoms with van der Waals surface area (Å²) in [6, 6.07) is 2.76. The molecule has 7 heteroatoms. The Morgan fingerprint density at radius 2 is 1.84 bits per heavy atom. The molecule has 0 saturated carbocycles. The van der Waals surface area contributed by atoms with Gasteiger partial charge in [0, 0.05) is 10.8 Å². The summed E-state index contributed by atoms with van der Waals surface area (Å²) in [6.07, 6.45) is 0. The van der Waals surface area contributed by atoms with Crippen molar-refractivity contribution in [3.63, 3.8) is 0 Å². The van der Waals surface area contributed by atoms with Gasteiger partial charge in [-0.2, -0.15) is 0 Å². The van der Waals surface area contributed by atoms with Crippen LogP contribution in [0.15, 0.2) is 17.0 Å². The topological polar surface area (TPSA) is 54.4 Å². The van der Waals surface area contributed by atoms with Crippen LogP contribution in [0, 0.1) is 6.92 Å². The second-order valence-corrected chi connectivity index (χ2v) is 8.49. The van der Waals surface area contributed by atoms with Gasteiger partial charge in [0.2, 0.25) is 3.79 Å². The molecule has 0 aromatic heterocycles. The molecule has 0 bridgehead atoms. The molecule has 0 aliphatic rings. The average Bonchev–Trinajstić information content (AvgIpc) is 2.25. The minimum Gasteiger partial charge on any atom is -0.478 e. The van der Waals surface area contributed by atoms with E-state index in [-0.39, 0.29) is 21.3 Å². The summed E-state index contributed by atoms with van der Waals surface area (Å²) < 4.78 is 10.6. The maximum atomic E-state index is 12.3. The molecule has 0 aliphatic heterocycles. The van der Waals surface area contributed by atoms with Crippen LogP contribution in [0.5, 0.6) is 0 Å². The quantitative estimate of drug-likeness (QED) is 0.843. The van der Waals surface area contributed by atoms with E-state index in [1.807, 2.05) is 0 Å². The number of aromatic carboxylic acids is 1. The van der Waals surface area contributed by atoms with Gasteiger partial charge in [0.05, 0.1) is 21.3 Å². The first-order valence-corrected chi connectivity index (χ1v) is 7.76. The van der Waals surface area contributed by atoms with E-state index < -0.39 is 20.6 Å². The number of halogens is 3. The van der Waals surface area contributed by atoms with E-state index in [0.29, 0.717) is 5.56 Å². The number of benzene rings is 1. The lowest BCUT2D eigenvalue weighted by Gasteiger charge is -2.20. The Bertz CT molecular complexity index is 536. The first-order chi connectivity index (χ1) is 8.57. The third kappa shape index (κ3) is 3.63. The lowest BCUT2D eigenvalue weighted by Crippen LogP contribution is -2.16. The van der Waals surface area contributed by atoms with E-state index in [1.165, 1.54) is 12.1 Å². The summed E-state index contributed by atoms with van der Waals surface area (Å²) in [6.45, 7) is 5.08. The number of carboxylic acids is 1. The Labute approximate surface area is 129 Å². The van der Waals surface area contributed by atoms with Gasteiger partial charge < -0.3 is 5.11 Å². The Balaban J connectivity index is 3.65. The van der Waals surface area contributed by atoms with E-state index in [0.717, 1.165) is 0 Å². The van der Waals surface area contributed by atoms with Gasteiger partial charge >= 0.3 is 5.97 Å². The normalized spacial score (nSPS) is 13.6. The molecule has 1 aromatic rings. The van der Waals surface area contributed by atoms with Crippen LogP contribution in [0.4, 0.5) is 0 Å². The van der Waals surface area contributed by atoms with Crippen molar-refractivity contribution in [2.24, 2.45) is 0 Å². The fourth-order valence-corrected chi connectivity index (χ4v) is 3.60. The van der Waals surface area contributed by atoms with Crippen LogP contribution >= 0.6 is 34.8 Å². The SMILES string of the molecule is Cc1c(C(=O)O)ccc(C(Cl)(Cl)Cl)c1[S@](=O)C(C)C. The fraction of sp³-hybridized carbons (Fsp3) is 0.417. The van der Waals surface area contributed by atoms with Crippen molar-refractivity contribution in [1.82, 2.24) is 0 Å². The molecule has 3 nitrogen and oxygen atoms in total. The third-order valence-corrected chi connectivity index (χ3v) is 4.97.